The molecule has 1 unspecified atom stereocenters. The van der Waals surface area contributed by atoms with Gasteiger partial charge < -0.3 is 24.2 Å². The zero-order valence-electron chi connectivity index (χ0n) is 20.2. The minimum absolute atomic E-state index is 0.128. The first-order chi connectivity index (χ1) is 17.7. The highest BCUT2D eigenvalue weighted by Gasteiger charge is 2.26. The topological polar surface area (TPSA) is 64.1 Å². The van der Waals surface area contributed by atoms with Gasteiger partial charge in [0.25, 0.3) is 0 Å². The molecule has 6 heteroatoms. The second-order valence-electron chi connectivity index (χ2n) is 9.56. The molecule has 0 radical (unpaired) electrons. The van der Waals surface area contributed by atoms with Crippen molar-refractivity contribution >= 4 is 10.9 Å². The summed E-state index contributed by atoms with van der Waals surface area (Å²) in [6, 6.07) is 26.1. The highest BCUT2D eigenvalue weighted by Crippen LogP contribution is 2.42. The Labute approximate surface area is 211 Å². The first kappa shape index (κ1) is 22.8. The number of likely N-dealkylation sites (tertiary alicyclic amines) is 1. The number of ether oxygens (including phenoxy) is 3. The van der Waals surface area contributed by atoms with E-state index in [1.54, 1.807) is 0 Å². The summed E-state index contributed by atoms with van der Waals surface area (Å²) in [6.07, 6.45) is 2.21. The molecule has 4 aromatic rings. The number of β-amino-alcohol motifs (C(OH)–C–C–N with tert-alkyl or cyclic N) is 1. The van der Waals surface area contributed by atoms with Gasteiger partial charge in [-0.1, -0.05) is 48.5 Å². The van der Waals surface area contributed by atoms with Crippen LogP contribution in [0.4, 0.5) is 0 Å². The highest BCUT2D eigenvalue weighted by molar-refractivity contribution is 5.78. The maximum atomic E-state index is 10.5. The number of fused-ring (bicyclic) bond motifs is 3. The lowest BCUT2D eigenvalue weighted by molar-refractivity contribution is 0.0388. The number of pyridine rings is 1. The quantitative estimate of drug-likeness (QED) is 0.343. The predicted molar refractivity (Wildman–Crippen MR) is 139 cm³/mol. The summed E-state index contributed by atoms with van der Waals surface area (Å²) in [4.78, 5) is 6.79. The number of nitrogens with zero attached hydrogens (tertiary/aromatic N) is 2. The van der Waals surface area contributed by atoms with E-state index in [0.717, 1.165) is 66.1 Å². The van der Waals surface area contributed by atoms with Crippen LogP contribution in [0.1, 0.15) is 24.0 Å². The van der Waals surface area contributed by atoms with E-state index in [9.17, 15) is 5.11 Å². The molecule has 0 aliphatic carbocycles. The third-order valence-corrected chi connectivity index (χ3v) is 6.92. The molecule has 1 aromatic heterocycles. The average molecular weight is 483 g/mol. The molecule has 0 spiro atoms. The molecule has 0 amide bonds. The van der Waals surface area contributed by atoms with E-state index in [4.69, 9.17) is 14.2 Å². The molecule has 184 valence electrons. The minimum atomic E-state index is -0.578. The summed E-state index contributed by atoms with van der Waals surface area (Å²) in [5.74, 6) is 3.10. The number of aliphatic hydroxyl groups excluding tert-OH is 1. The van der Waals surface area contributed by atoms with Gasteiger partial charge in [-0.05, 0) is 42.7 Å². The first-order valence-electron chi connectivity index (χ1n) is 12.6. The number of hydrogen-bond acceptors (Lipinski definition) is 6. The van der Waals surface area contributed by atoms with Crippen LogP contribution in [0.3, 0.4) is 0 Å². The van der Waals surface area contributed by atoms with E-state index >= 15 is 0 Å². The van der Waals surface area contributed by atoms with E-state index in [1.165, 1.54) is 5.56 Å². The van der Waals surface area contributed by atoms with Crippen molar-refractivity contribution < 1.29 is 19.3 Å². The Morgan fingerprint density at radius 1 is 0.917 bits per heavy atom. The van der Waals surface area contributed by atoms with E-state index in [1.807, 2.05) is 66.7 Å². The molecule has 2 aliphatic rings. The third kappa shape index (κ3) is 5.01. The fourth-order valence-electron chi connectivity index (χ4n) is 5.02. The smallest absolute Gasteiger partial charge is 0.213 e. The molecule has 1 atom stereocenters. The van der Waals surface area contributed by atoms with Crippen LogP contribution in [0.15, 0.2) is 78.9 Å². The fraction of sp³-hybridized carbons (Fsp3) is 0.300. The lowest BCUT2D eigenvalue weighted by atomic mass is 10.00. The zero-order chi connectivity index (χ0) is 24.3. The molecule has 0 bridgehead atoms. The molecule has 1 N–H and O–H groups in total. The van der Waals surface area contributed by atoms with Gasteiger partial charge in [0.15, 0.2) is 11.5 Å². The van der Waals surface area contributed by atoms with Crippen molar-refractivity contribution in [3.05, 3.63) is 90.0 Å². The summed E-state index contributed by atoms with van der Waals surface area (Å²) < 4.78 is 18.4. The van der Waals surface area contributed by atoms with Crippen LogP contribution in [-0.4, -0.2) is 53.4 Å². The van der Waals surface area contributed by atoms with Crippen molar-refractivity contribution in [2.24, 2.45) is 0 Å². The van der Waals surface area contributed by atoms with Gasteiger partial charge in [-0.2, -0.15) is 0 Å². The van der Waals surface area contributed by atoms with Gasteiger partial charge >= 0.3 is 0 Å². The maximum Gasteiger partial charge on any atom is 0.213 e. The molecule has 1 fully saturated rings. The normalized spacial score (nSPS) is 16.6. The van der Waals surface area contributed by atoms with Gasteiger partial charge in [-0.3, -0.25) is 0 Å². The van der Waals surface area contributed by atoms with Crippen LogP contribution in [0.2, 0.25) is 0 Å². The summed E-state index contributed by atoms with van der Waals surface area (Å²) in [7, 11) is 0. The van der Waals surface area contributed by atoms with Crippen LogP contribution >= 0.6 is 0 Å². The number of hydrogen-bond donors (Lipinski definition) is 1. The molecule has 36 heavy (non-hydrogen) atoms. The summed E-state index contributed by atoms with van der Waals surface area (Å²) in [5, 5.41) is 11.6. The summed E-state index contributed by atoms with van der Waals surface area (Å²) in [6.45, 7) is 2.53. The largest absolute Gasteiger partial charge is 0.486 e. The van der Waals surface area contributed by atoms with Crippen molar-refractivity contribution in [3.63, 3.8) is 0 Å². The minimum Gasteiger partial charge on any atom is -0.486 e. The van der Waals surface area contributed by atoms with Gasteiger partial charge in [-0.15, -0.1) is 0 Å². The maximum absolute atomic E-state index is 10.5. The van der Waals surface area contributed by atoms with E-state index in [0.29, 0.717) is 12.4 Å². The van der Waals surface area contributed by atoms with Gasteiger partial charge in [0.2, 0.25) is 5.88 Å². The Bertz CT molecular complexity index is 1350. The predicted octanol–water partition coefficient (Wildman–Crippen LogP) is 5.21. The lowest BCUT2D eigenvalue weighted by Gasteiger charge is -2.33. The Balaban J connectivity index is 0.993. The molecule has 2 aliphatic heterocycles. The number of rotatable bonds is 7. The van der Waals surface area contributed by atoms with Crippen molar-refractivity contribution in [2.75, 3.05) is 26.2 Å². The van der Waals surface area contributed by atoms with Gasteiger partial charge in [0.05, 0.1) is 5.52 Å². The summed E-state index contributed by atoms with van der Waals surface area (Å²) >= 11 is 0. The second kappa shape index (κ2) is 10.2. The molecule has 6 nitrogen and oxygen atoms in total. The van der Waals surface area contributed by atoms with Crippen molar-refractivity contribution in [2.45, 2.75) is 31.5 Å². The van der Waals surface area contributed by atoms with E-state index < -0.39 is 6.10 Å². The van der Waals surface area contributed by atoms with Gasteiger partial charge in [0, 0.05) is 43.1 Å². The van der Waals surface area contributed by atoms with E-state index in [2.05, 4.69) is 22.0 Å². The van der Waals surface area contributed by atoms with Crippen LogP contribution in [0.5, 0.6) is 23.1 Å². The average Bonchev–Trinajstić information content (AvgIpc) is 2.92. The Morgan fingerprint density at radius 2 is 1.72 bits per heavy atom. The molecule has 0 saturated carbocycles. The van der Waals surface area contributed by atoms with Gasteiger partial charge in [0.1, 0.15) is 24.6 Å². The Hall–Kier alpha value is -3.61. The Morgan fingerprint density at radius 3 is 2.64 bits per heavy atom. The summed E-state index contributed by atoms with van der Waals surface area (Å²) in [5.41, 5.74) is 3.25. The second-order valence-corrected chi connectivity index (χ2v) is 9.56. The van der Waals surface area contributed by atoms with Crippen molar-refractivity contribution in [3.8, 4) is 23.1 Å². The number of para-hydroxylation sites is 3. The Kier molecular flexibility index (Phi) is 6.45. The molecular weight excluding hydrogens is 452 g/mol. The van der Waals surface area contributed by atoms with Crippen LogP contribution in [0, 0.1) is 0 Å². The molecular formula is C30H30N2O4. The number of benzene rings is 3. The number of aromatic nitrogens is 1. The number of piperidine rings is 1. The zero-order valence-corrected chi connectivity index (χ0v) is 20.2. The van der Waals surface area contributed by atoms with Crippen LogP contribution < -0.4 is 14.2 Å². The fourth-order valence-corrected chi connectivity index (χ4v) is 5.02. The van der Waals surface area contributed by atoms with E-state index in [-0.39, 0.29) is 12.7 Å². The lowest BCUT2D eigenvalue weighted by Crippen LogP contribution is -2.43. The van der Waals surface area contributed by atoms with Crippen molar-refractivity contribution in [1.29, 1.82) is 0 Å². The van der Waals surface area contributed by atoms with Crippen LogP contribution in [-0.2, 0) is 6.42 Å². The molecule has 6 rings (SSSR count). The molecule has 3 heterocycles. The standard InChI is InChI=1S/C30H30N2O4/c33-24(20-34-29-13-12-21-6-1-3-9-26(21)31-29)19-32-16-14-25(15-17-32)35-28-11-5-8-23-18-22-7-2-4-10-27(22)36-30(23)28/h1-13,24-25,33H,14-20H2. The van der Waals surface area contributed by atoms with Crippen LogP contribution in [0.25, 0.3) is 10.9 Å². The highest BCUT2D eigenvalue weighted by atomic mass is 16.5. The first-order valence-corrected chi connectivity index (χ1v) is 12.6. The van der Waals surface area contributed by atoms with Crippen molar-refractivity contribution in [1.82, 2.24) is 9.88 Å². The van der Waals surface area contributed by atoms with Gasteiger partial charge in [-0.25, -0.2) is 4.98 Å². The SMILES string of the molecule is OC(COc1ccc2ccccc2n1)CN1CCC(Oc2cccc3c2Oc2ccccc2C3)CC1. The number of aliphatic hydroxyl groups is 1. The monoisotopic (exact) mass is 482 g/mol. The third-order valence-electron chi connectivity index (χ3n) is 6.92. The molecule has 1 saturated heterocycles. The molecule has 3 aromatic carbocycles.